The third kappa shape index (κ3) is 3.69. The van der Waals surface area contributed by atoms with Crippen molar-refractivity contribution in [3.63, 3.8) is 0 Å². The third-order valence-electron chi connectivity index (χ3n) is 5.27. The smallest absolute Gasteiger partial charge is 0.274 e. The second-order valence-electron chi connectivity index (χ2n) is 7.59. The summed E-state index contributed by atoms with van der Waals surface area (Å²) in [6.45, 7) is 3.78. The van der Waals surface area contributed by atoms with Crippen LogP contribution >= 0.6 is 11.3 Å². The van der Waals surface area contributed by atoms with Crippen LogP contribution in [0.15, 0.2) is 24.3 Å². The molecule has 1 unspecified atom stereocenters. The number of nitrogens with one attached hydrogen (secondary N) is 1. The van der Waals surface area contributed by atoms with Gasteiger partial charge in [0.2, 0.25) is 0 Å². The molecule has 148 valence electrons. The molecule has 28 heavy (non-hydrogen) atoms. The number of hydrogen-bond acceptors (Lipinski definition) is 5. The first-order chi connectivity index (χ1) is 13.6. The second kappa shape index (κ2) is 8.01. The largest absolute Gasteiger partial charge is 0.343 e. The minimum absolute atomic E-state index is 0.00192. The Balaban J connectivity index is 1.50. The van der Waals surface area contributed by atoms with Crippen LogP contribution in [0.1, 0.15) is 46.5 Å². The summed E-state index contributed by atoms with van der Waals surface area (Å²) in [5.74, 6) is -0.00192. The zero-order valence-electron chi connectivity index (χ0n) is 16.7. The van der Waals surface area contributed by atoms with Crippen molar-refractivity contribution in [1.29, 1.82) is 0 Å². The van der Waals surface area contributed by atoms with E-state index in [0.29, 0.717) is 11.7 Å². The Hall–Kier alpha value is -2.25. The molecule has 1 atom stereocenters. The van der Waals surface area contributed by atoms with Gasteiger partial charge in [-0.2, -0.15) is 5.10 Å². The molecule has 0 saturated carbocycles. The predicted molar refractivity (Wildman–Crippen MR) is 113 cm³/mol. The highest BCUT2D eigenvalue weighted by molar-refractivity contribution is 7.18. The monoisotopic (exact) mass is 397 g/mol. The van der Waals surface area contributed by atoms with Gasteiger partial charge in [0.05, 0.1) is 10.2 Å². The van der Waals surface area contributed by atoms with Crippen molar-refractivity contribution in [2.45, 2.75) is 51.7 Å². The number of carbonyl (C=O) groups excluding carboxylic acids is 1. The number of para-hydroxylation sites is 1. The van der Waals surface area contributed by atoms with Crippen molar-refractivity contribution in [3.05, 3.63) is 46.2 Å². The molecule has 1 aromatic carbocycles. The van der Waals surface area contributed by atoms with E-state index in [1.54, 1.807) is 30.3 Å². The highest BCUT2D eigenvalue weighted by atomic mass is 32.1. The minimum Gasteiger partial charge on any atom is -0.343 e. The number of aromatic nitrogens is 3. The standard InChI is InChI=1S/C21H27N5OS/c1-4-11-26-17-10-9-14(12-15(17)20(24-26)21(27)25(2)3)22-13-19-23-16-7-5-6-8-18(16)28-19/h5-8,14,22H,4,9-13H2,1-3H3. The van der Waals surface area contributed by atoms with E-state index >= 15 is 0 Å². The number of hydrogen-bond donors (Lipinski definition) is 1. The number of amides is 1. The van der Waals surface area contributed by atoms with Crippen molar-refractivity contribution >= 4 is 27.5 Å². The summed E-state index contributed by atoms with van der Waals surface area (Å²) in [7, 11) is 3.58. The summed E-state index contributed by atoms with van der Waals surface area (Å²) >= 11 is 1.74. The van der Waals surface area contributed by atoms with E-state index in [4.69, 9.17) is 4.98 Å². The molecule has 0 saturated heterocycles. The fraction of sp³-hybridized carbons (Fsp3) is 0.476. The Labute approximate surface area is 169 Å². The zero-order valence-corrected chi connectivity index (χ0v) is 17.6. The van der Waals surface area contributed by atoms with E-state index < -0.39 is 0 Å². The molecule has 0 spiro atoms. The van der Waals surface area contributed by atoms with Crippen LogP contribution in [0.2, 0.25) is 0 Å². The molecule has 1 amide bonds. The van der Waals surface area contributed by atoms with Gasteiger partial charge in [0, 0.05) is 44.5 Å². The number of rotatable bonds is 6. The van der Waals surface area contributed by atoms with Crippen LogP contribution in [-0.4, -0.2) is 45.7 Å². The first-order valence-corrected chi connectivity index (χ1v) is 10.8. The van der Waals surface area contributed by atoms with Crippen LogP contribution in [0, 0.1) is 0 Å². The molecule has 4 rings (SSSR count). The lowest BCUT2D eigenvalue weighted by molar-refractivity contribution is 0.0819. The Kier molecular flexibility index (Phi) is 5.46. The predicted octanol–water partition coefficient (Wildman–Crippen LogP) is 3.25. The second-order valence-corrected chi connectivity index (χ2v) is 8.71. The Morgan fingerprint density at radius 1 is 1.36 bits per heavy atom. The van der Waals surface area contributed by atoms with Crippen LogP contribution in [0.5, 0.6) is 0 Å². The maximum atomic E-state index is 12.6. The van der Waals surface area contributed by atoms with E-state index in [1.807, 2.05) is 6.07 Å². The molecule has 6 nitrogen and oxygen atoms in total. The Morgan fingerprint density at radius 2 is 2.18 bits per heavy atom. The van der Waals surface area contributed by atoms with E-state index in [0.717, 1.165) is 54.9 Å². The fourth-order valence-electron chi connectivity index (χ4n) is 3.87. The number of fused-ring (bicyclic) bond motifs is 2. The maximum Gasteiger partial charge on any atom is 0.274 e. The normalized spacial score (nSPS) is 16.3. The molecular weight excluding hydrogens is 370 g/mol. The summed E-state index contributed by atoms with van der Waals surface area (Å²) in [4.78, 5) is 19.0. The van der Waals surface area contributed by atoms with Crippen LogP contribution in [0.25, 0.3) is 10.2 Å². The van der Waals surface area contributed by atoms with Crippen LogP contribution in [0.3, 0.4) is 0 Å². The molecule has 0 bridgehead atoms. The van der Waals surface area contributed by atoms with Gasteiger partial charge in [-0.1, -0.05) is 19.1 Å². The highest BCUT2D eigenvalue weighted by Crippen LogP contribution is 2.27. The molecule has 3 aromatic rings. The van der Waals surface area contributed by atoms with E-state index in [9.17, 15) is 4.79 Å². The number of benzene rings is 1. The van der Waals surface area contributed by atoms with Gasteiger partial charge in [0.1, 0.15) is 5.01 Å². The lowest BCUT2D eigenvalue weighted by Gasteiger charge is -2.24. The zero-order chi connectivity index (χ0) is 19.7. The lowest BCUT2D eigenvalue weighted by Crippen LogP contribution is -2.35. The summed E-state index contributed by atoms with van der Waals surface area (Å²) in [5, 5.41) is 9.44. The van der Waals surface area contributed by atoms with E-state index in [1.165, 1.54) is 10.4 Å². The van der Waals surface area contributed by atoms with Crippen molar-refractivity contribution in [1.82, 2.24) is 25.0 Å². The average molecular weight is 398 g/mol. The lowest BCUT2D eigenvalue weighted by atomic mass is 9.91. The molecule has 1 N–H and O–H groups in total. The fourth-order valence-corrected chi connectivity index (χ4v) is 4.79. The molecule has 1 aliphatic carbocycles. The van der Waals surface area contributed by atoms with Crippen molar-refractivity contribution in [2.24, 2.45) is 0 Å². The van der Waals surface area contributed by atoms with Gasteiger partial charge in [-0.05, 0) is 37.8 Å². The van der Waals surface area contributed by atoms with Crippen molar-refractivity contribution in [2.75, 3.05) is 14.1 Å². The average Bonchev–Trinajstić information content (AvgIpc) is 3.27. The van der Waals surface area contributed by atoms with Crippen LogP contribution in [0.4, 0.5) is 0 Å². The van der Waals surface area contributed by atoms with Crippen molar-refractivity contribution in [3.8, 4) is 0 Å². The van der Waals surface area contributed by atoms with Gasteiger partial charge in [-0.25, -0.2) is 4.98 Å². The number of aryl methyl sites for hydroxylation is 1. The molecule has 0 radical (unpaired) electrons. The van der Waals surface area contributed by atoms with Gasteiger partial charge >= 0.3 is 0 Å². The van der Waals surface area contributed by atoms with Crippen LogP contribution < -0.4 is 5.32 Å². The van der Waals surface area contributed by atoms with Crippen LogP contribution in [-0.2, 0) is 25.9 Å². The summed E-state index contributed by atoms with van der Waals surface area (Å²) in [6, 6.07) is 8.60. The van der Waals surface area contributed by atoms with Gasteiger partial charge in [0.15, 0.2) is 5.69 Å². The Bertz CT molecular complexity index is 957. The summed E-state index contributed by atoms with van der Waals surface area (Å²) in [6.07, 6.45) is 3.88. The molecule has 0 aliphatic heterocycles. The third-order valence-corrected chi connectivity index (χ3v) is 6.31. The minimum atomic E-state index is -0.00192. The maximum absolute atomic E-state index is 12.6. The molecular formula is C21H27N5OS. The van der Waals surface area contributed by atoms with Gasteiger partial charge in [-0.15, -0.1) is 11.3 Å². The van der Waals surface area contributed by atoms with Gasteiger partial charge in [0.25, 0.3) is 5.91 Å². The molecule has 1 aliphatic rings. The molecule has 7 heteroatoms. The topological polar surface area (TPSA) is 63.1 Å². The highest BCUT2D eigenvalue weighted by Gasteiger charge is 2.29. The van der Waals surface area contributed by atoms with Gasteiger partial charge in [-0.3, -0.25) is 9.48 Å². The number of thiazole rings is 1. The SMILES string of the molecule is CCCn1nc(C(=O)N(C)C)c2c1CCC(NCc1nc3ccccc3s1)C2. The van der Waals surface area contributed by atoms with Gasteiger partial charge < -0.3 is 10.2 Å². The summed E-state index contributed by atoms with van der Waals surface area (Å²) in [5.41, 5.74) is 4.06. The van der Waals surface area contributed by atoms with E-state index in [2.05, 4.69) is 40.2 Å². The number of nitrogens with zero attached hydrogens (tertiary/aromatic N) is 4. The summed E-state index contributed by atoms with van der Waals surface area (Å²) < 4.78 is 3.28. The van der Waals surface area contributed by atoms with E-state index in [-0.39, 0.29) is 5.91 Å². The molecule has 0 fully saturated rings. The first-order valence-electron chi connectivity index (χ1n) is 9.94. The Morgan fingerprint density at radius 3 is 2.93 bits per heavy atom. The number of carbonyl (C=O) groups is 1. The molecule has 2 aromatic heterocycles. The van der Waals surface area contributed by atoms with Crippen molar-refractivity contribution < 1.29 is 4.79 Å². The quantitative estimate of drug-likeness (QED) is 0.694. The first kappa shape index (κ1) is 19.1. The molecule has 2 heterocycles.